The molecule has 4 fully saturated rings. The number of aryl methyl sites for hydroxylation is 1. The molecule has 0 aromatic heterocycles. The van der Waals surface area contributed by atoms with Crippen LogP contribution in [0.1, 0.15) is 49.3 Å². The van der Waals surface area contributed by atoms with Gasteiger partial charge in [0, 0.05) is 6.54 Å². The van der Waals surface area contributed by atoms with Crippen LogP contribution in [-0.4, -0.2) is 60.9 Å². The van der Waals surface area contributed by atoms with Gasteiger partial charge in [0.15, 0.2) is 11.5 Å². The smallest absolute Gasteiger partial charge is 0.408 e. The van der Waals surface area contributed by atoms with Gasteiger partial charge < -0.3 is 19.5 Å². The molecule has 5 aliphatic rings. The predicted molar refractivity (Wildman–Crippen MR) is 131 cm³/mol. The van der Waals surface area contributed by atoms with Crippen molar-refractivity contribution in [2.75, 3.05) is 33.9 Å². The molecular weight excluding hydrogens is 428 g/mol. The first kappa shape index (κ1) is 21.8. The Morgan fingerprint density at radius 3 is 2.32 bits per heavy atom. The number of fused-ring (bicyclic) bond motifs is 4. The molecule has 6 nitrogen and oxygen atoms in total. The summed E-state index contributed by atoms with van der Waals surface area (Å²) < 4.78 is 10.9. The molecule has 6 heteroatoms. The van der Waals surface area contributed by atoms with Crippen molar-refractivity contribution in [2.24, 2.45) is 11.3 Å². The maximum Gasteiger partial charge on any atom is 0.408 e. The van der Waals surface area contributed by atoms with Crippen molar-refractivity contribution in [3.05, 3.63) is 47.5 Å². The van der Waals surface area contributed by atoms with E-state index >= 15 is 0 Å². The second-order valence-electron chi connectivity index (χ2n) is 10.6. The molecule has 1 N–H and O–H groups in total. The zero-order valence-corrected chi connectivity index (χ0v) is 20.1. The highest BCUT2D eigenvalue weighted by atomic mass is 16.5. The molecule has 2 aromatic carbocycles. The Balaban J connectivity index is 1.38. The SMILES string of the molecule is COc1ccc(-c2ccc3c(c2)CCC2(CC2)[C@@H]3N(C(=O)O)C2CN3CCC2CC3)cc1OC. The van der Waals surface area contributed by atoms with Crippen LogP contribution in [0.4, 0.5) is 4.79 Å². The summed E-state index contributed by atoms with van der Waals surface area (Å²) in [5, 5.41) is 10.5. The highest BCUT2D eigenvalue weighted by Gasteiger charge is 2.57. The Kier molecular flexibility index (Phi) is 5.25. The summed E-state index contributed by atoms with van der Waals surface area (Å²) in [6.45, 7) is 3.13. The summed E-state index contributed by atoms with van der Waals surface area (Å²) in [6.07, 6.45) is 5.87. The third-order valence-corrected chi connectivity index (χ3v) is 9.00. The molecule has 3 heterocycles. The monoisotopic (exact) mass is 462 g/mol. The molecule has 7 rings (SSSR count). The second-order valence-corrected chi connectivity index (χ2v) is 10.6. The van der Waals surface area contributed by atoms with Gasteiger partial charge in [-0.1, -0.05) is 24.3 Å². The summed E-state index contributed by atoms with van der Waals surface area (Å²) in [4.78, 5) is 17.2. The summed E-state index contributed by atoms with van der Waals surface area (Å²) >= 11 is 0. The molecule has 2 aliphatic carbocycles. The van der Waals surface area contributed by atoms with Crippen LogP contribution in [0.15, 0.2) is 36.4 Å². The minimum atomic E-state index is -0.744. The fourth-order valence-corrected chi connectivity index (χ4v) is 6.96. The van der Waals surface area contributed by atoms with Crippen molar-refractivity contribution in [1.82, 2.24) is 9.80 Å². The number of methoxy groups -OCH3 is 2. The third-order valence-electron chi connectivity index (χ3n) is 9.00. The topological polar surface area (TPSA) is 62.2 Å². The van der Waals surface area contributed by atoms with E-state index in [9.17, 15) is 9.90 Å². The first-order valence-corrected chi connectivity index (χ1v) is 12.6. The summed E-state index contributed by atoms with van der Waals surface area (Å²) in [7, 11) is 3.30. The number of rotatable bonds is 5. The van der Waals surface area contributed by atoms with E-state index in [0.717, 1.165) is 75.0 Å². The molecule has 0 radical (unpaired) electrons. The van der Waals surface area contributed by atoms with Crippen LogP contribution in [-0.2, 0) is 6.42 Å². The van der Waals surface area contributed by atoms with Crippen LogP contribution in [0.5, 0.6) is 11.5 Å². The van der Waals surface area contributed by atoms with Gasteiger partial charge in [0.05, 0.1) is 26.3 Å². The van der Waals surface area contributed by atoms with E-state index in [-0.39, 0.29) is 17.5 Å². The lowest BCUT2D eigenvalue weighted by molar-refractivity contribution is -0.0243. The van der Waals surface area contributed by atoms with Gasteiger partial charge in [0.25, 0.3) is 0 Å². The molecule has 3 saturated heterocycles. The maximum atomic E-state index is 12.8. The number of hydrogen-bond donors (Lipinski definition) is 1. The number of nitrogens with zero attached hydrogens (tertiary/aromatic N) is 2. The van der Waals surface area contributed by atoms with Gasteiger partial charge in [-0.15, -0.1) is 0 Å². The molecule has 1 amide bonds. The zero-order valence-electron chi connectivity index (χ0n) is 20.1. The number of hydrogen-bond acceptors (Lipinski definition) is 4. The van der Waals surface area contributed by atoms with Crippen molar-refractivity contribution in [3.8, 4) is 22.6 Å². The lowest BCUT2D eigenvalue weighted by Crippen LogP contribution is -2.60. The van der Waals surface area contributed by atoms with Crippen LogP contribution in [0.3, 0.4) is 0 Å². The number of carbonyl (C=O) groups is 1. The fourth-order valence-electron chi connectivity index (χ4n) is 6.96. The number of piperidine rings is 3. The highest BCUT2D eigenvalue weighted by molar-refractivity contribution is 5.70. The number of ether oxygens (including phenoxy) is 2. The highest BCUT2D eigenvalue weighted by Crippen LogP contribution is 2.64. The lowest BCUT2D eigenvalue weighted by Gasteiger charge is -2.52. The van der Waals surface area contributed by atoms with E-state index in [1.54, 1.807) is 14.2 Å². The second kappa shape index (κ2) is 8.19. The van der Waals surface area contributed by atoms with E-state index in [1.165, 1.54) is 11.1 Å². The van der Waals surface area contributed by atoms with E-state index in [1.807, 2.05) is 17.0 Å². The Hall–Kier alpha value is -2.73. The Morgan fingerprint density at radius 1 is 1.00 bits per heavy atom. The molecule has 34 heavy (non-hydrogen) atoms. The van der Waals surface area contributed by atoms with Gasteiger partial charge >= 0.3 is 6.09 Å². The van der Waals surface area contributed by atoms with Crippen molar-refractivity contribution in [2.45, 2.75) is 50.6 Å². The normalized spacial score (nSPS) is 28.3. The molecule has 2 atom stereocenters. The molecule has 1 unspecified atom stereocenters. The van der Waals surface area contributed by atoms with E-state index in [0.29, 0.717) is 11.7 Å². The summed E-state index contributed by atoms with van der Waals surface area (Å²) in [6, 6.07) is 12.7. The zero-order chi connectivity index (χ0) is 23.4. The molecular formula is C28H34N2O4. The maximum absolute atomic E-state index is 12.8. The van der Waals surface area contributed by atoms with Gasteiger partial charge in [-0.25, -0.2) is 4.79 Å². The van der Waals surface area contributed by atoms with Crippen LogP contribution in [0.2, 0.25) is 0 Å². The van der Waals surface area contributed by atoms with Gasteiger partial charge in [-0.05, 0) is 97.3 Å². The van der Waals surface area contributed by atoms with Gasteiger partial charge in [0.2, 0.25) is 0 Å². The lowest BCUT2D eigenvalue weighted by atomic mass is 9.73. The molecule has 1 spiro atoms. The predicted octanol–water partition coefficient (Wildman–Crippen LogP) is 5.21. The largest absolute Gasteiger partial charge is 0.493 e. The molecule has 180 valence electrons. The first-order valence-electron chi connectivity index (χ1n) is 12.6. The van der Waals surface area contributed by atoms with Crippen LogP contribution < -0.4 is 9.47 Å². The molecule has 3 aliphatic heterocycles. The Morgan fingerprint density at radius 2 is 1.71 bits per heavy atom. The first-order chi connectivity index (χ1) is 16.5. The van der Waals surface area contributed by atoms with Crippen molar-refractivity contribution >= 4 is 6.09 Å². The van der Waals surface area contributed by atoms with Crippen molar-refractivity contribution in [1.29, 1.82) is 0 Å². The van der Waals surface area contributed by atoms with Crippen LogP contribution in [0, 0.1) is 11.3 Å². The Labute approximate surface area is 201 Å². The average Bonchev–Trinajstić information content (AvgIpc) is 3.65. The molecule has 2 aromatic rings. The minimum absolute atomic E-state index is 0.0289. The van der Waals surface area contributed by atoms with Gasteiger partial charge in [-0.3, -0.25) is 4.90 Å². The summed E-state index contributed by atoms with van der Waals surface area (Å²) in [5.41, 5.74) is 4.86. The minimum Gasteiger partial charge on any atom is -0.493 e. The Bertz CT molecular complexity index is 1100. The number of amides is 1. The average molecular weight is 463 g/mol. The number of benzene rings is 2. The molecule has 2 bridgehead atoms. The standard InChI is InChI=1S/C28H34N2O4/c1-33-24-6-4-20(16-25(24)34-2)19-3-5-22-21(15-19)7-10-28(11-12-28)26(22)30(27(31)32)23-17-29-13-8-18(23)9-14-29/h3-6,15-16,18,23,26H,7-14,17H2,1-2H3,(H,31,32)/t23?,26-/m1/s1. The number of carboxylic acid groups (broad SMARTS) is 1. The quantitative estimate of drug-likeness (QED) is 0.661. The van der Waals surface area contributed by atoms with E-state index in [2.05, 4.69) is 29.2 Å². The van der Waals surface area contributed by atoms with Gasteiger partial charge in [0.1, 0.15) is 0 Å². The molecule has 1 saturated carbocycles. The van der Waals surface area contributed by atoms with Crippen LogP contribution >= 0.6 is 0 Å². The fraction of sp³-hybridized carbons (Fsp3) is 0.536. The van der Waals surface area contributed by atoms with Crippen molar-refractivity contribution < 1.29 is 19.4 Å². The van der Waals surface area contributed by atoms with Crippen molar-refractivity contribution in [3.63, 3.8) is 0 Å². The third kappa shape index (κ3) is 3.46. The van der Waals surface area contributed by atoms with E-state index in [4.69, 9.17) is 9.47 Å². The van der Waals surface area contributed by atoms with E-state index < -0.39 is 6.09 Å². The summed E-state index contributed by atoms with van der Waals surface area (Å²) in [5.74, 6) is 1.93. The van der Waals surface area contributed by atoms with Crippen LogP contribution in [0.25, 0.3) is 11.1 Å². The van der Waals surface area contributed by atoms with Gasteiger partial charge in [-0.2, -0.15) is 0 Å².